The van der Waals surface area contributed by atoms with Crippen LogP contribution in [0.1, 0.15) is 6.92 Å². The zero-order valence-electron chi connectivity index (χ0n) is 8.55. The zero-order valence-corrected chi connectivity index (χ0v) is 9.37. The Labute approximate surface area is 92.7 Å². The predicted molar refractivity (Wildman–Crippen MR) is 56.8 cm³/mol. The Kier molecular flexibility index (Phi) is 2.46. The first-order chi connectivity index (χ1) is 7.43. The molecule has 16 heavy (non-hydrogen) atoms. The molecule has 0 aromatic heterocycles. The van der Waals surface area contributed by atoms with Gasteiger partial charge in [0, 0.05) is 0 Å². The Morgan fingerprint density at radius 1 is 1.38 bits per heavy atom. The highest BCUT2D eigenvalue weighted by atomic mass is 32.2. The summed E-state index contributed by atoms with van der Waals surface area (Å²) in [6.45, 7) is 1.51. The Morgan fingerprint density at radius 3 is 2.50 bits per heavy atom. The fourth-order valence-corrected chi connectivity index (χ4v) is 3.51. The first-order valence-corrected chi connectivity index (χ1v) is 6.36. The van der Waals surface area contributed by atoms with Crippen LogP contribution in [0.15, 0.2) is 24.3 Å². The summed E-state index contributed by atoms with van der Waals surface area (Å²) < 4.78 is 37.3. The van der Waals surface area contributed by atoms with Gasteiger partial charge < -0.3 is 0 Å². The molecule has 1 aliphatic heterocycles. The quantitative estimate of drug-likeness (QED) is 0.743. The van der Waals surface area contributed by atoms with Crippen molar-refractivity contribution in [2.45, 2.75) is 6.92 Å². The number of hydrogen-bond donors (Lipinski definition) is 0. The Bertz CT molecular complexity index is 541. The topological polar surface area (TPSA) is 54.5 Å². The van der Waals surface area contributed by atoms with Crippen molar-refractivity contribution in [3.8, 4) is 0 Å². The molecule has 1 aliphatic rings. The number of carbonyl (C=O) groups is 1. The van der Waals surface area contributed by atoms with Crippen molar-refractivity contribution in [1.82, 2.24) is 0 Å². The second kappa shape index (κ2) is 3.55. The summed E-state index contributed by atoms with van der Waals surface area (Å²) in [4.78, 5) is 11.7. The summed E-state index contributed by atoms with van der Waals surface area (Å²) in [5, 5.41) is 0. The van der Waals surface area contributed by atoms with Gasteiger partial charge in [0.15, 0.2) is 0 Å². The molecule has 1 fully saturated rings. The SMILES string of the molecule is CC1CS(=O)(=O)N(c2ccccc2F)C1=O. The van der Waals surface area contributed by atoms with Gasteiger partial charge in [-0.3, -0.25) is 4.79 Å². The highest BCUT2D eigenvalue weighted by molar-refractivity contribution is 7.94. The van der Waals surface area contributed by atoms with Crippen LogP contribution in [0.3, 0.4) is 0 Å². The lowest BCUT2D eigenvalue weighted by molar-refractivity contribution is -0.119. The summed E-state index contributed by atoms with van der Waals surface area (Å²) in [5.74, 6) is -2.18. The van der Waals surface area contributed by atoms with Gasteiger partial charge in [0.1, 0.15) is 5.82 Å². The van der Waals surface area contributed by atoms with Gasteiger partial charge in [-0.05, 0) is 12.1 Å². The number of carbonyl (C=O) groups excluding carboxylic acids is 1. The number of hydrogen-bond acceptors (Lipinski definition) is 3. The van der Waals surface area contributed by atoms with Crippen molar-refractivity contribution in [3.05, 3.63) is 30.1 Å². The summed E-state index contributed by atoms with van der Waals surface area (Å²) >= 11 is 0. The third kappa shape index (κ3) is 1.59. The van der Waals surface area contributed by atoms with E-state index in [0.29, 0.717) is 4.31 Å². The maximum Gasteiger partial charge on any atom is 0.244 e. The van der Waals surface area contributed by atoms with E-state index < -0.39 is 27.7 Å². The zero-order chi connectivity index (χ0) is 11.9. The fraction of sp³-hybridized carbons (Fsp3) is 0.300. The maximum atomic E-state index is 13.4. The molecule has 86 valence electrons. The molecule has 6 heteroatoms. The average Bonchev–Trinajstić information content (AvgIpc) is 2.38. The molecule has 1 saturated heterocycles. The van der Waals surface area contributed by atoms with Crippen molar-refractivity contribution >= 4 is 21.6 Å². The molecule has 1 atom stereocenters. The van der Waals surface area contributed by atoms with E-state index in [2.05, 4.69) is 0 Å². The molecule has 2 rings (SSSR count). The molecule has 1 unspecified atom stereocenters. The lowest BCUT2D eigenvalue weighted by Gasteiger charge is -2.15. The summed E-state index contributed by atoms with van der Waals surface area (Å²) in [5.41, 5.74) is -0.197. The van der Waals surface area contributed by atoms with Crippen LogP contribution in [-0.2, 0) is 14.8 Å². The van der Waals surface area contributed by atoms with Crippen molar-refractivity contribution < 1.29 is 17.6 Å². The monoisotopic (exact) mass is 243 g/mol. The van der Waals surface area contributed by atoms with Gasteiger partial charge in [-0.15, -0.1) is 0 Å². The van der Waals surface area contributed by atoms with Gasteiger partial charge >= 0.3 is 0 Å². The van der Waals surface area contributed by atoms with E-state index >= 15 is 0 Å². The Morgan fingerprint density at radius 2 is 2.00 bits per heavy atom. The molecule has 0 aliphatic carbocycles. The van der Waals surface area contributed by atoms with Gasteiger partial charge in [-0.25, -0.2) is 17.1 Å². The molecule has 1 heterocycles. The molecule has 1 amide bonds. The minimum absolute atomic E-state index is 0.197. The number of benzene rings is 1. The van der Waals surface area contributed by atoms with Gasteiger partial charge in [-0.1, -0.05) is 19.1 Å². The smallest absolute Gasteiger partial charge is 0.244 e. The molecule has 0 bridgehead atoms. The first kappa shape index (κ1) is 11.1. The number of sulfonamides is 1. The third-order valence-electron chi connectivity index (χ3n) is 2.43. The van der Waals surface area contributed by atoms with Crippen LogP contribution in [0.2, 0.25) is 0 Å². The van der Waals surface area contributed by atoms with Crippen LogP contribution in [0, 0.1) is 11.7 Å². The van der Waals surface area contributed by atoms with Crippen LogP contribution >= 0.6 is 0 Å². The molecular formula is C10H10FNO3S. The highest BCUT2D eigenvalue weighted by Crippen LogP contribution is 2.29. The van der Waals surface area contributed by atoms with E-state index in [0.717, 1.165) is 6.07 Å². The Balaban J connectivity index is 2.57. The molecule has 1 aromatic rings. The van der Waals surface area contributed by atoms with E-state index in [-0.39, 0.29) is 11.4 Å². The molecule has 0 radical (unpaired) electrons. The summed E-state index contributed by atoms with van der Waals surface area (Å²) in [6.07, 6.45) is 0. The number of para-hydroxylation sites is 1. The molecule has 4 nitrogen and oxygen atoms in total. The van der Waals surface area contributed by atoms with E-state index in [9.17, 15) is 17.6 Å². The second-order valence-electron chi connectivity index (χ2n) is 3.73. The van der Waals surface area contributed by atoms with Crippen LogP contribution < -0.4 is 4.31 Å². The van der Waals surface area contributed by atoms with Gasteiger partial charge in [-0.2, -0.15) is 0 Å². The second-order valence-corrected chi connectivity index (χ2v) is 5.60. The fourth-order valence-electron chi connectivity index (χ4n) is 1.68. The van der Waals surface area contributed by atoms with Gasteiger partial charge in [0.05, 0.1) is 17.4 Å². The van der Waals surface area contributed by atoms with E-state index in [1.807, 2.05) is 0 Å². The van der Waals surface area contributed by atoms with Crippen LogP contribution in [0.5, 0.6) is 0 Å². The molecule has 0 spiro atoms. The van der Waals surface area contributed by atoms with Gasteiger partial charge in [0.25, 0.3) is 0 Å². The maximum absolute atomic E-state index is 13.4. The van der Waals surface area contributed by atoms with Crippen LogP contribution in [-0.4, -0.2) is 20.1 Å². The van der Waals surface area contributed by atoms with Crippen molar-refractivity contribution in [2.75, 3.05) is 10.1 Å². The normalized spacial score (nSPS) is 23.8. The van der Waals surface area contributed by atoms with Crippen LogP contribution in [0.4, 0.5) is 10.1 Å². The minimum atomic E-state index is -3.72. The number of nitrogens with zero attached hydrogens (tertiary/aromatic N) is 1. The molecular weight excluding hydrogens is 233 g/mol. The number of rotatable bonds is 1. The first-order valence-electron chi connectivity index (χ1n) is 4.75. The summed E-state index contributed by atoms with van der Waals surface area (Å²) in [6, 6.07) is 5.34. The van der Waals surface area contributed by atoms with E-state index in [1.165, 1.54) is 25.1 Å². The average molecular weight is 243 g/mol. The van der Waals surface area contributed by atoms with E-state index in [1.54, 1.807) is 0 Å². The lowest BCUT2D eigenvalue weighted by atomic mass is 10.2. The van der Waals surface area contributed by atoms with Crippen molar-refractivity contribution in [3.63, 3.8) is 0 Å². The minimum Gasteiger partial charge on any atom is -0.273 e. The number of halogens is 1. The van der Waals surface area contributed by atoms with Crippen molar-refractivity contribution in [2.24, 2.45) is 5.92 Å². The van der Waals surface area contributed by atoms with Crippen LogP contribution in [0.25, 0.3) is 0 Å². The Hall–Kier alpha value is -1.43. The lowest BCUT2D eigenvalue weighted by Crippen LogP contribution is -2.31. The standard InChI is InChI=1S/C10H10FNO3S/c1-7-6-16(14,15)12(10(7)13)9-5-3-2-4-8(9)11/h2-5,7H,6H2,1H3. The third-order valence-corrected chi connectivity index (χ3v) is 4.29. The van der Waals surface area contributed by atoms with E-state index in [4.69, 9.17) is 0 Å². The predicted octanol–water partition coefficient (Wildman–Crippen LogP) is 1.14. The number of amides is 1. The van der Waals surface area contributed by atoms with Gasteiger partial charge in [0.2, 0.25) is 15.9 Å². The molecule has 1 aromatic carbocycles. The molecule has 0 N–H and O–H groups in total. The highest BCUT2D eigenvalue weighted by Gasteiger charge is 2.42. The number of anilines is 1. The summed E-state index contributed by atoms with van der Waals surface area (Å²) in [7, 11) is -3.72. The van der Waals surface area contributed by atoms with Crippen molar-refractivity contribution in [1.29, 1.82) is 0 Å². The largest absolute Gasteiger partial charge is 0.273 e. The molecule has 0 saturated carbocycles.